The van der Waals surface area contributed by atoms with Crippen LogP contribution in [0.4, 0.5) is 0 Å². The first-order chi connectivity index (χ1) is 9.10. The molecule has 0 saturated carbocycles. The number of rotatable bonds is 1. The molecule has 0 amide bonds. The molecule has 0 atom stereocenters. The van der Waals surface area contributed by atoms with Crippen LogP contribution in [0.1, 0.15) is 6.92 Å². The van der Waals surface area contributed by atoms with E-state index in [1.807, 2.05) is 6.92 Å². The Hall–Kier alpha value is -1.40. The lowest BCUT2D eigenvalue weighted by atomic mass is 10.3. The van der Waals surface area contributed by atoms with E-state index in [2.05, 4.69) is 38.7 Å². The van der Waals surface area contributed by atoms with Crippen molar-refractivity contribution in [1.29, 1.82) is 0 Å². The Bertz CT molecular complexity index is 434. The van der Waals surface area contributed by atoms with Gasteiger partial charge in [0.15, 0.2) is 0 Å². The third-order valence-electron chi connectivity index (χ3n) is 3.23. The van der Waals surface area contributed by atoms with Crippen molar-refractivity contribution in [1.82, 2.24) is 14.8 Å². The summed E-state index contributed by atoms with van der Waals surface area (Å²) in [6.07, 6.45) is 1.79. The smallest absolute Gasteiger partial charge is 0.242 e. The molecule has 0 spiro atoms. The fourth-order valence-corrected chi connectivity index (χ4v) is 2.17. The van der Waals surface area contributed by atoms with Crippen molar-refractivity contribution in [3.8, 4) is 0 Å². The molecule has 0 aromatic heterocycles. The summed E-state index contributed by atoms with van der Waals surface area (Å²) in [4.78, 5) is 12.6. The SMILES string of the molecule is C=N/C(=N\N1CN=C(Cl)C=C1C)N1CCN(C)CC1. The largest absolute Gasteiger partial charge is 0.337 e. The molecule has 7 heteroatoms. The summed E-state index contributed by atoms with van der Waals surface area (Å²) in [6, 6.07) is 0. The Balaban J connectivity index is 2.07. The van der Waals surface area contributed by atoms with Gasteiger partial charge in [0.05, 0.1) is 0 Å². The van der Waals surface area contributed by atoms with E-state index in [4.69, 9.17) is 11.6 Å². The van der Waals surface area contributed by atoms with Gasteiger partial charge in [0.1, 0.15) is 11.8 Å². The van der Waals surface area contributed by atoms with Crippen LogP contribution >= 0.6 is 11.6 Å². The van der Waals surface area contributed by atoms with Gasteiger partial charge in [-0.05, 0) is 26.8 Å². The molecule has 2 aliphatic rings. The van der Waals surface area contributed by atoms with Crippen LogP contribution in [0.25, 0.3) is 0 Å². The number of aliphatic imine (C=N–C) groups is 2. The number of piperazine rings is 1. The van der Waals surface area contributed by atoms with E-state index >= 15 is 0 Å². The number of hydrogen-bond donors (Lipinski definition) is 0. The van der Waals surface area contributed by atoms with Crippen LogP contribution in [0.3, 0.4) is 0 Å². The highest BCUT2D eigenvalue weighted by atomic mass is 35.5. The lowest BCUT2D eigenvalue weighted by Gasteiger charge is -2.33. The van der Waals surface area contributed by atoms with Crippen LogP contribution in [-0.2, 0) is 0 Å². The van der Waals surface area contributed by atoms with Crippen molar-refractivity contribution in [3.05, 3.63) is 11.8 Å². The van der Waals surface area contributed by atoms with Crippen LogP contribution in [0, 0.1) is 0 Å². The highest BCUT2D eigenvalue weighted by Crippen LogP contribution is 2.13. The lowest BCUT2D eigenvalue weighted by molar-refractivity contribution is 0.210. The van der Waals surface area contributed by atoms with Gasteiger partial charge in [0, 0.05) is 31.9 Å². The molecule has 0 bridgehead atoms. The highest BCUT2D eigenvalue weighted by Gasteiger charge is 2.18. The van der Waals surface area contributed by atoms with Gasteiger partial charge in [-0.25, -0.2) is 15.0 Å². The Morgan fingerprint density at radius 1 is 1.37 bits per heavy atom. The highest BCUT2D eigenvalue weighted by molar-refractivity contribution is 6.68. The zero-order chi connectivity index (χ0) is 13.8. The minimum atomic E-state index is 0.425. The molecule has 104 valence electrons. The minimum Gasteiger partial charge on any atom is -0.337 e. The normalized spacial score (nSPS) is 22.2. The van der Waals surface area contributed by atoms with Gasteiger partial charge in [0.2, 0.25) is 5.96 Å². The topological polar surface area (TPSA) is 46.8 Å². The molecule has 0 aliphatic carbocycles. The second-order valence-corrected chi connectivity index (χ2v) is 5.04. The Morgan fingerprint density at radius 2 is 2.05 bits per heavy atom. The molecular weight excluding hydrogens is 264 g/mol. The zero-order valence-electron chi connectivity index (χ0n) is 11.4. The number of guanidine groups is 1. The monoisotopic (exact) mass is 282 g/mol. The number of hydrazone groups is 1. The first-order valence-electron chi connectivity index (χ1n) is 6.25. The quantitative estimate of drug-likeness (QED) is 0.533. The minimum absolute atomic E-state index is 0.425. The molecule has 19 heavy (non-hydrogen) atoms. The van der Waals surface area contributed by atoms with Gasteiger partial charge < -0.3 is 9.80 Å². The number of allylic oxidation sites excluding steroid dienone is 2. The van der Waals surface area contributed by atoms with Crippen molar-refractivity contribution in [2.45, 2.75) is 6.92 Å². The molecule has 2 heterocycles. The van der Waals surface area contributed by atoms with E-state index in [0.717, 1.165) is 31.9 Å². The number of likely N-dealkylation sites (N-methyl/N-ethyl adjacent to an activating group) is 1. The molecule has 2 aliphatic heterocycles. The van der Waals surface area contributed by atoms with Gasteiger partial charge in [-0.3, -0.25) is 0 Å². The maximum absolute atomic E-state index is 5.86. The summed E-state index contributed by atoms with van der Waals surface area (Å²) in [5.74, 6) is 0.647. The average molecular weight is 283 g/mol. The van der Waals surface area contributed by atoms with Crippen molar-refractivity contribution < 1.29 is 0 Å². The standard InChI is InChI=1S/C12H19ClN6/c1-10-8-11(13)15-9-19(10)16-12(14-2)18-6-4-17(3)5-7-18/h8H,2,4-7,9H2,1,3H3/b16-12+. The Labute approximate surface area is 118 Å². The average Bonchev–Trinajstić information content (AvgIpc) is 2.39. The van der Waals surface area contributed by atoms with Gasteiger partial charge in [-0.15, -0.1) is 5.10 Å². The molecule has 1 fully saturated rings. The van der Waals surface area contributed by atoms with Crippen LogP contribution in [0.2, 0.25) is 0 Å². The molecule has 0 aromatic rings. The maximum atomic E-state index is 5.86. The fraction of sp³-hybridized carbons (Fsp3) is 0.583. The van der Waals surface area contributed by atoms with Crippen molar-refractivity contribution >= 4 is 29.4 Å². The number of nitrogens with zero attached hydrogens (tertiary/aromatic N) is 6. The predicted molar refractivity (Wildman–Crippen MR) is 79.8 cm³/mol. The van der Waals surface area contributed by atoms with E-state index in [0.29, 0.717) is 17.8 Å². The van der Waals surface area contributed by atoms with Crippen molar-refractivity contribution in [3.63, 3.8) is 0 Å². The summed E-state index contributed by atoms with van der Waals surface area (Å²) in [5.41, 5.74) is 0.954. The predicted octanol–water partition coefficient (Wildman–Crippen LogP) is 1.02. The van der Waals surface area contributed by atoms with Crippen LogP contribution in [0.15, 0.2) is 26.9 Å². The summed E-state index contributed by atoms with van der Waals surface area (Å²) in [7, 11) is 2.11. The lowest BCUT2D eigenvalue weighted by Crippen LogP contribution is -2.47. The molecule has 0 N–H and O–H groups in total. The van der Waals surface area contributed by atoms with E-state index < -0.39 is 0 Å². The molecule has 0 radical (unpaired) electrons. The molecular formula is C12H19ClN6. The molecule has 6 nitrogen and oxygen atoms in total. The third-order valence-corrected chi connectivity index (χ3v) is 3.46. The second-order valence-electron chi connectivity index (χ2n) is 4.66. The summed E-state index contributed by atoms with van der Waals surface area (Å²) in [5, 5.41) is 6.81. The van der Waals surface area contributed by atoms with E-state index in [1.165, 1.54) is 0 Å². The van der Waals surface area contributed by atoms with Crippen molar-refractivity contribution in [2.24, 2.45) is 15.1 Å². The van der Waals surface area contributed by atoms with Crippen LogP contribution in [0.5, 0.6) is 0 Å². The maximum Gasteiger partial charge on any atom is 0.242 e. The van der Waals surface area contributed by atoms with E-state index in [-0.39, 0.29) is 0 Å². The van der Waals surface area contributed by atoms with Gasteiger partial charge >= 0.3 is 0 Å². The van der Waals surface area contributed by atoms with E-state index in [9.17, 15) is 0 Å². The molecule has 1 saturated heterocycles. The molecule has 0 unspecified atom stereocenters. The van der Waals surface area contributed by atoms with E-state index in [1.54, 1.807) is 11.1 Å². The third kappa shape index (κ3) is 3.54. The summed E-state index contributed by atoms with van der Waals surface area (Å²) >= 11 is 5.86. The number of hydrogen-bond acceptors (Lipinski definition) is 4. The summed E-state index contributed by atoms with van der Waals surface area (Å²) in [6.45, 7) is 9.83. The van der Waals surface area contributed by atoms with Crippen LogP contribution in [-0.4, -0.2) is 72.6 Å². The van der Waals surface area contributed by atoms with Gasteiger partial charge in [-0.2, -0.15) is 0 Å². The van der Waals surface area contributed by atoms with Gasteiger partial charge in [0.25, 0.3) is 0 Å². The zero-order valence-corrected chi connectivity index (χ0v) is 12.1. The summed E-state index contributed by atoms with van der Waals surface area (Å²) < 4.78 is 0. The Morgan fingerprint density at radius 3 is 2.63 bits per heavy atom. The first kappa shape index (κ1) is 14.0. The molecule has 2 rings (SSSR count). The fourth-order valence-electron chi connectivity index (χ4n) is 1.96. The number of halogens is 1. The van der Waals surface area contributed by atoms with Crippen molar-refractivity contribution in [2.75, 3.05) is 39.9 Å². The Kier molecular flexibility index (Phi) is 4.55. The first-order valence-corrected chi connectivity index (χ1v) is 6.62. The second kappa shape index (κ2) is 6.16. The van der Waals surface area contributed by atoms with Gasteiger partial charge in [-0.1, -0.05) is 11.6 Å². The van der Waals surface area contributed by atoms with Crippen LogP contribution < -0.4 is 0 Å². The molecule has 0 aromatic carbocycles.